The number of ether oxygens (including phenoxy) is 1. The Kier molecular flexibility index (Phi) is 5.08. The molecule has 106 valence electrons. The first-order valence-corrected chi connectivity index (χ1v) is 6.97. The molecular formula is C15H19N3O2. The summed E-state index contributed by atoms with van der Waals surface area (Å²) in [5.74, 6) is -0.120. The van der Waals surface area contributed by atoms with Gasteiger partial charge in [0.15, 0.2) is 0 Å². The molecule has 0 spiro atoms. The fourth-order valence-electron chi connectivity index (χ4n) is 2.54. The topological polar surface area (TPSA) is 66.2 Å². The summed E-state index contributed by atoms with van der Waals surface area (Å²) in [7, 11) is 0. The summed E-state index contributed by atoms with van der Waals surface area (Å²) in [6, 6.07) is 5.76. The van der Waals surface area contributed by atoms with Crippen LogP contribution in [0.5, 0.6) is 0 Å². The number of pyridine rings is 1. The SMILES string of the molecule is CCOC(=O)C1CCCN(Cc2ccnc(C#N)c2)C1. The minimum atomic E-state index is -0.0929. The molecule has 0 aromatic carbocycles. The Morgan fingerprint density at radius 1 is 1.65 bits per heavy atom. The summed E-state index contributed by atoms with van der Waals surface area (Å²) in [6.07, 6.45) is 3.55. The van der Waals surface area contributed by atoms with Gasteiger partial charge in [0.25, 0.3) is 0 Å². The van der Waals surface area contributed by atoms with Crippen molar-refractivity contribution < 1.29 is 9.53 Å². The largest absolute Gasteiger partial charge is 0.466 e. The van der Waals surface area contributed by atoms with Gasteiger partial charge >= 0.3 is 5.97 Å². The molecule has 1 fully saturated rings. The van der Waals surface area contributed by atoms with E-state index in [0.717, 1.165) is 38.0 Å². The van der Waals surface area contributed by atoms with Crippen molar-refractivity contribution in [1.82, 2.24) is 9.88 Å². The van der Waals surface area contributed by atoms with E-state index in [1.165, 1.54) is 0 Å². The van der Waals surface area contributed by atoms with Crippen LogP contribution in [0.15, 0.2) is 18.3 Å². The zero-order valence-corrected chi connectivity index (χ0v) is 11.7. The summed E-state index contributed by atoms with van der Waals surface area (Å²) in [5.41, 5.74) is 1.49. The van der Waals surface area contributed by atoms with E-state index >= 15 is 0 Å². The predicted molar refractivity (Wildman–Crippen MR) is 73.6 cm³/mol. The van der Waals surface area contributed by atoms with E-state index in [4.69, 9.17) is 10.00 Å². The van der Waals surface area contributed by atoms with Gasteiger partial charge in [0.2, 0.25) is 0 Å². The van der Waals surface area contributed by atoms with Gasteiger partial charge in [-0.1, -0.05) is 0 Å². The van der Waals surface area contributed by atoms with Crippen LogP contribution in [0.4, 0.5) is 0 Å². The molecule has 0 radical (unpaired) electrons. The second-order valence-electron chi connectivity index (χ2n) is 4.99. The van der Waals surface area contributed by atoms with Crippen LogP contribution in [0.25, 0.3) is 0 Å². The van der Waals surface area contributed by atoms with Gasteiger partial charge in [-0.15, -0.1) is 0 Å². The third kappa shape index (κ3) is 3.78. The Labute approximate surface area is 119 Å². The summed E-state index contributed by atoms with van der Waals surface area (Å²) >= 11 is 0. The normalized spacial score (nSPS) is 19.3. The standard InChI is InChI=1S/C15H19N3O2/c1-2-20-15(19)13-4-3-7-18(11-13)10-12-5-6-17-14(8-12)9-16/h5-6,8,13H,2-4,7,10-11H2,1H3. The van der Waals surface area contributed by atoms with Crippen LogP contribution < -0.4 is 0 Å². The number of nitrogens with zero attached hydrogens (tertiary/aromatic N) is 3. The maximum Gasteiger partial charge on any atom is 0.310 e. The van der Waals surface area contributed by atoms with Crippen molar-refractivity contribution in [2.75, 3.05) is 19.7 Å². The van der Waals surface area contributed by atoms with Crippen molar-refractivity contribution in [2.45, 2.75) is 26.3 Å². The monoisotopic (exact) mass is 273 g/mol. The van der Waals surface area contributed by atoms with Crippen LogP contribution in [0.3, 0.4) is 0 Å². The van der Waals surface area contributed by atoms with E-state index in [1.54, 1.807) is 12.3 Å². The van der Waals surface area contributed by atoms with Gasteiger partial charge in [-0.2, -0.15) is 5.26 Å². The van der Waals surface area contributed by atoms with Crippen molar-refractivity contribution in [1.29, 1.82) is 5.26 Å². The quantitative estimate of drug-likeness (QED) is 0.782. The van der Waals surface area contributed by atoms with E-state index in [0.29, 0.717) is 12.3 Å². The molecule has 1 aliphatic heterocycles. The lowest BCUT2D eigenvalue weighted by Gasteiger charge is -2.31. The Morgan fingerprint density at radius 3 is 3.25 bits per heavy atom. The van der Waals surface area contributed by atoms with Gasteiger partial charge in [0, 0.05) is 19.3 Å². The van der Waals surface area contributed by atoms with Gasteiger partial charge in [-0.3, -0.25) is 9.69 Å². The first-order chi connectivity index (χ1) is 9.72. The molecular weight excluding hydrogens is 254 g/mol. The fourth-order valence-corrected chi connectivity index (χ4v) is 2.54. The van der Waals surface area contributed by atoms with Crippen molar-refractivity contribution in [3.8, 4) is 6.07 Å². The van der Waals surface area contributed by atoms with E-state index < -0.39 is 0 Å². The zero-order chi connectivity index (χ0) is 14.4. The molecule has 1 saturated heterocycles. The molecule has 0 N–H and O–H groups in total. The fraction of sp³-hybridized carbons (Fsp3) is 0.533. The number of rotatable bonds is 4. The lowest BCUT2D eigenvalue weighted by atomic mass is 9.98. The Bertz CT molecular complexity index is 510. The molecule has 2 heterocycles. The van der Waals surface area contributed by atoms with Crippen LogP contribution >= 0.6 is 0 Å². The van der Waals surface area contributed by atoms with E-state index in [2.05, 4.69) is 9.88 Å². The van der Waals surface area contributed by atoms with Gasteiger partial charge < -0.3 is 4.74 Å². The molecule has 1 unspecified atom stereocenters. The highest BCUT2D eigenvalue weighted by molar-refractivity contribution is 5.72. The predicted octanol–water partition coefficient (Wildman–Crippen LogP) is 1.73. The van der Waals surface area contributed by atoms with E-state index in [9.17, 15) is 4.79 Å². The lowest BCUT2D eigenvalue weighted by Crippen LogP contribution is -2.38. The van der Waals surface area contributed by atoms with Gasteiger partial charge in [-0.25, -0.2) is 4.98 Å². The van der Waals surface area contributed by atoms with Gasteiger partial charge in [0.1, 0.15) is 11.8 Å². The van der Waals surface area contributed by atoms with E-state index in [1.807, 2.05) is 19.1 Å². The first-order valence-electron chi connectivity index (χ1n) is 6.97. The Morgan fingerprint density at radius 2 is 2.50 bits per heavy atom. The molecule has 0 amide bonds. The van der Waals surface area contributed by atoms with Gasteiger partial charge in [0.05, 0.1) is 12.5 Å². The molecule has 20 heavy (non-hydrogen) atoms. The number of aromatic nitrogens is 1. The van der Waals surface area contributed by atoms with Gasteiger partial charge in [-0.05, 0) is 44.0 Å². The van der Waals surface area contributed by atoms with Crippen LogP contribution in [0.2, 0.25) is 0 Å². The third-order valence-electron chi connectivity index (χ3n) is 3.47. The highest BCUT2D eigenvalue weighted by Crippen LogP contribution is 2.19. The first kappa shape index (κ1) is 14.5. The molecule has 2 rings (SSSR count). The molecule has 1 aromatic rings. The molecule has 0 saturated carbocycles. The molecule has 0 aliphatic carbocycles. The number of carbonyl (C=O) groups is 1. The van der Waals surface area contributed by atoms with Crippen LogP contribution in [-0.4, -0.2) is 35.5 Å². The maximum atomic E-state index is 11.8. The second-order valence-corrected chi connectivity index (χ2v) is 4.99. The van der Waals surface area contributed by atoms with Crippen molar-refractivity contribution in [3.63, 3.8) is 0 Å². The number of hydrogen-bond donors (Lipinski definition) is 0. The van der Waals surface area contributed by atoms with Crippen LogP contribution in [-0.2, 0) is 16.1 Å². The zero-order valence-electron chi connectivity index (χ0n) is 11.7. The van der Waals surface area contributed by atoms with Crippen LogP contribution in [0.1, 0.15) is 31.0 Å². The van der Waals surface area contributed by atoms with Crippen LogP contribution in [0, 0.1) is 17.2 Å². The summed E-state index contributed by atoms with van der Waals surface area (Å²) in [4.78, 5) is 18.0. The second kappa shape index (κ2) is 7.01. The minimum Gasteiger partial charge on any atom is -0.466 e. The number of nitriles is 1. The molecule has 1 aromatic heterocycles. The molecule has 5 heteroatoms. The summed E-state index contributed by atoms with van der Waals surface area (Å²) in [6.45, 7) is 4.71. The molecule has 1 atom stereocenters. The van der Waals surface area contributed by atoms with E-state index in [-0.39, 0.29) is 11.9 Å². The number of piperidine rings is 1. The third-order valence-corrected chi connectivity index (χ3v) is 3.47. The number of carbonyl (C=O) groups excluding carboxylic acids is 1. The number of esters is 1. The highest BCUT2D eigenvalue weighted by atomic mass is 16.5. The van der Waals surface area contributed by atoms with Crippen molar-refractivity contribution in [2.24, 2.45) is 5.92 Å². The van der Waals surface area contributed by atoms with Crippen molar-refractivity contribution in [3.05, 3.63) is 29.6 Å². The Balaban J connectivity index is 1.95. The minimum absolute atomic E-state index is 0.0269. The average Bonchev–Trinajstić information content (AvgIpc) is 2.48. The molecule has 5 nitrogen and oxygen atoms in total. The summed E-state index contributed by atoms with van der Waals surface area (Å²) in [5, 5.41) is 8.85. The molecule has 0 bridgehead atoms. The number of hydrogen-bond acceptors (Lipinski definition) is 5. The lowest BCUT2D eigenvalue weighted by molar-refractivity contribution is -0.150. The Hall–Kier alpha value is -1.93. The molecule has 1 aliphatic rings. The van der Waals surface area contributed by atoms with Crippen molar-refractivity contribution >= 4 is 5.97 Å². The number of likely N-dealkylation sites (tertiary alicyclic amines) is 1. The maximum absolute atomic E-state index is 11.8. The smallest absolute Gasteiger partial charge is 0.310 e. The highest BCUT2D eigenvalue weighted by Gasteiger charge is 2.26. The average molecular weight is 273 g/mol. The summed E-state index contributed by atoms with van der Waals surface area (Å²) < 4.78 is 5.10.